The summed E-state index contributed by atoms with van der Waals surface area (Å²) in [7, 11) is 0. The van der Waals surface area contributed by atoms with Crippen LogP contribution in [0.3, 0.4) is 0 Å². The van der Waals surface area contributed by atoms with Crippen molar-refractivity contribution in [3.05, 3.63) is 32.5 Å². The van der Waals surface area contributed by atoms with Crippen LogP contribution in [0.5, 0.6) is 0 Å². The van der Waals surface area contributed by atoms with Crippen LogP contribution in [-0.2, 0) is 0 Å². The second-order valence-corrected chi connectivity index (χ2v) is 4.60. The molecule has 0 aliphatic rings. The van der Waals surface area contributed by atoms with Crippen molar-refractivity contribution in [2.24, 2.45) is 0 Å². The maximum Gasteiger partial charge on any atom is 0.262 e. The lowest BCUT2D eigenvalue weighted by molar-refractivity contribution is 0.606. The average Bonchev–Trinajstić information content (AvgIpc) is 2.37. The van der Waals surface area contributed by atoms with E-state index in [4.69, 9.17) is 0 Å². The molecule has 1 N–H and O–H groups in total. The van der Waals surface area contributed by atoms with Crippen LogP contribution < -0.4 is 5.56 Å². The van der Waals surface area contributed by atoms with E-state index in [1.54, 1.807) is 6.26 Å². The summed E-state index contributed by atoms with van der Waals surface area (Å²) < 4.78 is 27.0. The number of benzene rings is 1. The molecule has 98 valence electrons. The molecule has 0 amide bonds. The highest BCUT2D eigenvalue weighted by Crippen LogP contribution is 2.25. The SMILES string of the molecule is CC.CSc1nc2c(F)c(Br)cc(F)c2c(=O)[nH]1. The number of thioether (sulfide) groups is 1. The number of halogens is 3. The van der Waals surface area contributed by atoms with Gasteiger partial charge in [-0.3, -0.25) is 4.79 Å². The van der Waals surface area contributed by atoms with Gasteiger partial charge in [0.15, 0.2) is 11.0 Å². The first-order chi connectivity index (χ1) is 8.54. The lowest BCUT2D eigenvalue weighted by Gasteiger charge is -2.03. The van der Waals surface area contributed by atoms with Gasteiger partial charge < -0.3 is 4.98 Å². The van der Waals surface area contributed by atoms with Crippen LogP contribution in [0.1, 0.15) is 13.8 Å². The van der Waals surface area contributed by atoms with Gasteiger partial charge in [0.25, 0.3) is 5.56 Å². The summed E-state index contributed by atoms with van der Waals surface area (Å²) in [6.45, 7) is 4.00. The highest BCUT2D eigenvalue weighted by molar-refractivity contribution is 9.10. The topological polar surface area (TPSA) is 45.8 Å². The summed E-state index contributed by atoms with van der Waals surface area (Å²) in [5.41, 5.74) is -0.946. The van der Waals surface area contributed by atoms with E-state index in [0.29, 0.717) is 0 Å². The molecule has 0 radical (unpaired) electrons. The third-order valence-corrected chi connectivity index (χ3v) is 3.16. The van der Waals surface area contributed by atoms with Crippen molar-refractivity contribution in [2.75, 3.05) is 6.26 Å². The van der Waals surface area contributed by atoms with Crippen molar-refractivity contribution in [3.63, 3.8) is 0 Å². The second-order valence-electron chi connectivity index (χ2n) is 2.95. The Kier molecular flexibility index (Phi) is 5.28. The van der Waals surface area contributed by atoms with Crippen molar-refractivity contribution in [3.8, 4) is 0 Å². The first kappa shape index (κ1) is 15.1. The standard InChI is InChI=1S/C9H5BrF2N2OS.C2H6/c1-16-9-13-7-5(8(15)14-9)4(11)2-3(10)6(7)12;1-2/h2H,1H3,(H,13,14,15);1-2H3. The summed E-state index contributed by atoms with van der Waals surface area (Å²) >= 11 is 4.01. The minimum Gasteiger partial charge on any atom is -0.301 e. The Morgan fingerprint density at radius 2 is 2.00 bits per heavy atom. The summed E-state index contributed by atoms with van der Waals surface area (Å²) in [4.78, 5) is 17.7. The molecule has 0 spiro atoms. The monoisotopic (exact) mass is 336 g/mol. The summed E-state index contributed by atoms with van der Waals surface area (Å²) in [5, 5.41) is -0.118. The summed E-state index contributed by atoms with van der Waals surface area (Å²) in [5.74, 6) is -1.54. The molecule has 1 heterocycles. The quantitative estimate of drug-likeness (QED) is 0.490. The number of hydrogen-bond acceptors (Lipinski definition) is 3. The molecule has 0 unspecified atom stereocenters. The van der Waals surface area contributed by atoms with E-state index in [1.807, 2.05) is 13.8 Å². The molecule has 1 aromatic carbocycles. The molecule has 0 saturated heterocycles. The molecule has 0 saturated carbocycles. The molecular formula is C11H11BrF2N2OS. The zero-order chi connectivity index (χ0) is 13.9. The molecule has 2 aromatic rings. The number of aromatic nitrogens is 2. The molecule has 3 nitrogen and oxygen atoms in total. The van der Waals surface area contributed by atoms with Crippen molar-refractivity contribution in [2.45, 2.75) is 19.0 Å². The molecule has 0 aliphatic carbocycles. The lowest BCUT2D eigenvalue weighted by Crippen LogP contribution is -2.12. The molecule has 7 heteroatoms. The number of rotatable bonds is 1. The van der Waals surface area contributed by atoms with E-state index in [2.05, 4.69) is 25.9 Å². The minimum absolute atomic E-state index is 0.0531. The Morgan fingerprint density at radius 3 is 2.56 bits per heavy atom. The van der Waals surface area contributed by atoms with E-state index in [9.17, 15) is 13.6 Å². The smallest absolute Gasteiger partial charge is 0.262 e. The average molecular weight is 337 g/mol. The van der Waals surface area contributed by atoms with Gasteiger partial charge in [0, 0.05) is 0 Å². The molecule has 2 rings (SSSR count). The molecule has 18 heavy (non-hydrogen) atoms. The van der Waals surface area contributed by atoms with Crippen LogP contribution in [0.4, 0.5) is 8.78 Å². The van der Waals surface area contributed by atoms with Gasteiger partial charge >= 0.3 is 0 Å². The minimum atomic E-state index is -0.801. The van der Waals surface area contributed by atoms with Crippen molar-refractivity contribution >= 4 is 38.6 Å². The van der Waals surface area contributed by atoms with Gasteiger partial charge in [0.1, 0.15) is 16.7 Å². The third-order valence-electron chi connectivity index (χ3n) is 2.00. The normalized spacial score (nSPS) is 10.1. The Bertz CT molecular complexity index is 630. The predicted molar refractivity (Wildman–Crippen MR) is 73.1 cm³/mol. The molecule has 0 aliphatic heterocycles. The number of aromatic amines is 1. The number of hydrogen-bond donors (Lipinski definition) is 1. The maximum absolute atomic E-state index is 13.6. The first-order valence-electron chi connectivity index (χ1n) is 5.16. The Labute approximate surface area is 115 Å². The van der Waals surface area contributed by atoms with Gasteiger partial charge in [-0.1, -0.05) is 25.6 Å². The number of nitrogens with zero attached hydrogens (tertiary/aromatic N) is 1. The fraction of sp³-hybridized carbons (Fsp3) is 0.273. The Hall–Kier alpha value is -0.950. The van der Waals surface area contributed by atoms with Crippen molar-refractivity contribution in [1.82, 2.24) is 9.97 Å². The van der Waals surface area contributed by atoms with E-state index in [-0.39, 0.29) is 20.5 Å². The van der Waals surface area contributed by atoms with E-state index in [0.717, 1.165) is 17.8 Å². The van der Waals surface area contributed by atoms with Crippen LogP contribution in [0.15, 0.2) is 20.5 Å². The van der Waals surface area contributed by atoms with E-state index < -0.39 is 17.2 Å². The highest BCUT2D eigenvalue weighted by Gasteiger charge is 2.15. The fourth-order valence-electron chi connectivity index (χ4n) is 1.29. The van der Waals surface area contributed by atoms with Gasteiger partial charge in [-0.2, -0.15) is 0 Å². The van der Waals surface area contributed by atoms with Crippen LogP contribution >= 0.6 is 27.7 Å². The highest BCUT2D eigenvalue weighted by atomic mass is 79.9. The van der Waals surface area contributed by atoms with E-state index >= 15 is 0 Å². The second kappa shape index (κ2) is 6.29. The fourth-order valence-corrected chi connectivity index (χ4v) is 2.06. The van der Waals surface area contributed by atoms with Crippen LogP contribution in [0.25, 0.3) is 10.9 Å². The molecule has 1 aromatic heterocycles. The van der Waals surface area contributed by atoms with Crippen LogP contribution in [0.2, 0.25) is 0 Å². The lowest BCUT2D eigenvalue weighted by atomic mass is 10.2. The van der Waals surface area contributed by atoms with Gasteiger partial charge in [-0.25, -0.2) is 13.8 Å². The largest absolute Gasteiger partial charge is 0.301 e. The van der Waals surface area contributed by atoms with Crippen molar-refractivity contribution < 1.29 is 8.78 Å². The zero-order valence-electron chi connectivity index (χ0n) is 9.97. The van der Waals surface area contributed by atoms with Crippen LogP contribution in [0, 0.1) is 11.6 Å². The van der Waals surface area contributed by atoms with Gasteiger partial charge in [-0.15, -0.1) is 0 Å². The molecule has 0 bridgehead atoms. The maximum atomic E-state index is 13.6. The summed E-state index contributed by atoms with van der Waals surface area (Å²) in [6.07, 6.45) is 1.68. The molecule has 0 fully saturated rings. The number of fused-ring (bicyclic) bond motifs is 1. The first-order valence-corrected chi connectivity index (χ1v) is 7.18. The Balaban J connectivity index is 0.000000771. The van der Waals surface area contributed by atoms with Crippen LogP contribution in [-0.4, -0.2) is 16.2 Å². The Morgan fingerprint density at radius 1 is 1.39 bits per heavy atom. The molecular weight excluding hydrogens is 326 g/mol. The third kappa shape index (κ3) is 2.72. The van der Waals surface area contributed by atoms with E-state index in [1.165, 1.54) is 0 Å². The number of nitrogens with one attached hydrogen (secondary N) is 1. The molecule has 0 atom stereocenters. The predicted octanol–water partition coefficient (Wildman–Crippen LogP) is 3.71. The van der Waals surface area contributed by atoms with Crippen molar-refractivity contribution in [1.29, 1.82) is 0 Å². The zero-order valence-corrected chi connectivity index (χ0v) is 12.4. The van der Waals surface area contributed by atoms with Gasteiger partial charge in [0.2, 0.25) is 0 Å². The van der Waals surface area contributed by atoms with Gasteiger partial charge in [0.05, 0.1) is 4.47 Å². The number of H-pyrrole nitrogens is 1. The van der Waals surface area contributed by atoms with Gasteiger partial charge in [-0.05, 0) is 28.3 Å². The summed E-state index contributed by atoms with van der Waals surface area (Å²) in [6, 6.07) is 0.910.